The second-order valence-electron chi connectivity index (χ2n) is 7.39. The van der Waals surface area contributed by atoms with Gasteiger partial charge in [0.15, 0.2) is 0 Å². The molecule has 5 heteroatoms. The summed E-state index contributed by atoms with van der Waals surface area (Å²) in [5.41, 5.74) is 2.76. The lowest BCUT2D eigenvalue weighted by Gasteiger charge is -2.18. The van der Waals surface area contributed by atoms with Gasteiger partial charge >= 0.3 is 5.97 Å². The first-order valence-corrected chi connectivity index (χ1v) is 10.6. The average molecular weight is 441 g/mol. The number of hydrogen-bond donors (Lipinski definition) is 0. The summed E-state index contributed by atoms with van der Waals surface area (Å²) in [5.74, 6) is 0.319. The zero-order valence-electron chi connectivity index (χ0n) is 16.6. The van der Waals surface area contributed by atoms with Gasteiger partial charge < -0.3 is 9.47 Å². The van der Waals surface area contributed by atoms with Crippen molar-refractivity contribution < 1.29 is 14.3 Å². The Kier molecular flexibility index (Phi) is 5.77. The van der Waals surface area contributed by atoms with Crippen LogP contribution in [0.3, 0.4) is 0 Å². The molecule has 0 amide bonds. The molecule has 1 saturated carbocycles. The summed E-state index contributed by atoms with van der Waals surface area (Å²) in [6.07, 6.45) is 0.319. The molecule has 0 spiro atoms. The minimum absolute atomic E-state index is 0.155. The highest BCUT2D eigenvalue weighted by Gasteiger charge is 2.73. The van der Waals surface area contributed by atoms with Crippen LogP contribution in [0.25, 0.3) is 11.1 Å². The van der Waals surface area contributed by atoms with Gasteiger partial charge in [0, 0.05) is 6.42 Å². The van der Waals surface area contributed by atoms with E-state index >= 15 is 0 Å². The van der Waals surface area contributed by atoms with Crippen molar-refractivity contribution in [2.24, 2.45) is 0 Å². The fraction of sp³-hybridized carbons (Fsp3) is 0.240. The molecule has 1 atom stereocenters. The predicted octanol–water partition coefficient (Wildman–Crippen LogP) is 6.31. The Hall–Kier alpha value is -2.49. The predicted molar refractivity (Wildman–Crippen MR) is 120 cm³/mol. The van der Waals surface area contributed by atoms with Gasteiger partial charge in [0.05, 0.1) is 6.61 Å². The average Bonchev–Trinajstić information content (AvgIpc) is 3.37. The molecule has 4 rings (SSSR count). The van der Waals surface area contributed by atoms with Gasteiger partial charge in [-0.25, -0.2) is 0 Å². The minimum atomic E-state index is -1.18. The molecule has 0 N–H and O–H groups in total. The second-order valence-corrected chi connectivity index (χ2v) is 8.87. The Bertz CT molecular complexity index is 1030. The van der Waals surface area contributed by atoms with E-state index in [1.54, 1.807) is 0 Å². The molecule has 1 aliphatic rings. The van der Waals surface area contributed by atoms with Gasteiger partial charge in [-0.2, -0.15) is 0 Å². The number of carbonyl (C=O) groups is 1. The molecule has 0 aliphatic heterocycles. The molecule has 0 saturated heterocycles. The molecule has 0 aromatic heterocycles. The topological polar surface area (TPSA) is 35.5 Å². The smallest absolute Gasteiger partial charge is 0.320 e. The monoisotopic (exact) mass is 440 g/mol. The Morgan fingerprint density at radius 3 is 2.23 bits per heavy atom. The molecular weight excluding hydrogens is 419 g/mol. The molecule has 0 heterocycles. The van der Waals surface area contributed by atoms with Crippen molar-refractivity contribution >= 4 is 29.2 Å². The largest absolute Gasteiger partial charge is 0.494 e. The molecule has 0 radical (unpaired) electrons. The number of rotatable bonds is 7. The maximum Gasteiger partial charge on any atom is 0.320 e. The van der Waals surface area contributed by atoms with E-state index in [4.69, 9.17) is 32.7 Å². The maximum absolute atomic E-state index is 13.1. The molecule has 0 bridgehead atoms. The van der Waals surface area contributed by atoms with Gasteiger partial charge in [-0.05, 0) is 47.4 Å². The standard InChI is InChI=1S/C25H22Cl2O3/c1-2-29-22-13-11-21(12-14-22)24(17-25(24,26)27)23(28)30-16-18-7-6-10-20(15-18)19-8-4-3-5-9-19/h3-15H,2,16-17H2,1H3. The summed E-state index contributed by atoms with van der Waals surface area (Å²) in [6, 6.07) is 25.3. The molecular formula is C25H22Cl2O3. The van der Waals surface area contributed by atoms with E-state index in [1.165, 1.54) is 0 Å². The van der Waals surface area contributed by atoms with E-state index in [2.05, 4.69) is 0 Å². The van der Waals surface area contributed by atoms with Crippen LogP contribution in [0.1, 0.15) is 24.5 Å². The van der Waals surface area contributed by atoms with E-state index in [-0.39, 0.29) is 6.61 Å². The van der Waals surface area contributed by atoms with Gasteiger partial charge in [0.2, 0.25) is 0 Å². The van der Waals surface area contributed by atoms with Crippen molar-refractivity contribution in [1.82, 2.24) is 0 Å². The molecule has 3 aromatic carbocycles. The summed E-state index contributed by atoms with van der Waals surface area (Å²) >= 11 is 12.8. The van der Waals surface area contributed by atoms with Crippen molar-refractivity contribution in [2.45, 2.75) is 29.7 Å². The zero-order chi connectivity index (χ0) is 21.2. The van der Waals surface area contributed by atoms with Crippen LogP contribution in [0.5, 0.6) is 5.75 Å². The van der Waals surface area contributed by atoms with E-state index in [0.29, 0.717) is 13.0 Å². The number of ether oxygens (including phenoxy) is 2. The van der Waals surface area contributed by atoms with E-state index in [1.807, 2.05) is 85.8 Å². The lowest BCUT2D eigenvalue weighted by atomic mass is 9.96. The Balaban J connectivity index is 1.50. The zero-order valence-corrected chi connectivity index (χ0v) is 18.1. The van der Waals surface area contributed by atoms with Gasteiger partial charge in [0.25, 0.3) is 0 Å². The fourth-order valence-electron chi connectivity index (χ4n) is 3.69. The van der Waals surface area contributed by atoms with Crippen molar-refractivity contribution in [1.29, 1.82) is 0 Å². The second kappa shape index (κ2) is 8.33. The van der Waals surface area contributed by atoms with E-state index in [9.17, 15) is 4.79 Å². The quantitative estimate of drug-likeness (QED) is 0.318. The lowest BCUT2D eigenvalue weighted by Crippen LogP contribution is -2.28. The van der Waals surface area contributed by atoms with Crippen LogP contribution in [-0.2, 0) is 21.6 Å². The van der Waals surface area contributed by atoms with E-state index in [0.717, 1.165) is 28.0 Å². The molecule has 3 nitrogen and oxygen atoms in total. The van der Waals surface area contributed by atoms with Crippen LogP contribution in [0.15, 0.2) is 78.9 Å². The first-order chi connectivity index (χ1) is 14.5. The third-order valence-corrected chi connectivity index (χ3v) is 6.31. The van der Waals surface area contributed by atoms with Crippen molar-refractivity contribution in [2.75, 3.05) is 6.61 Å². The summed E-state index contributed by atoms with van der Waals surface area (Å²) < 4.78 is 9.97. The van der Waals surface area contributed by atoms with Crippen LogP contribution < -0.4 is 4.74 Å². The number of esters is 1. The summed E-state index contributed by atoms with van der Waals surface area (Å²) in [5, 5.41) is 0. The van der Waals surface area contributed by atoms with Crippen LogP contribution in [0, 0.1) is 0 Å². The van der Waals surface area contributed by atoms with Gasteiger partial charge in [-0.1, -0.05) is 83.9 Å². The van der Waals surface area contributed by atoms with Crippen LogP contribution in [0.2, 0.25) is 0 Å². The van der Waals surface area contributed by atoms with Crippen molar-refractivity contribution in [3.8, 4) is 16.9 Å². The molecule has 30 heavy (non-hydrogen) atoms. The summed E-state index contributed by atoms with van der Waals surface area (Å²) in [7, 11) is 0. The Labute approximate surface area is 186 Å². The molecule has 1 unspecified atom stereocenters. The number of carbonyl (C=O) groups excluding carboxylic acids is 1. The SMILES string of the molecule is CCOc1ccc(C2(C(=O)OCc3cccc(-c4ccccc4)c3)CC2(Cl)Cl)cc1. The van der Waals surface area contributed by atoms with Crippen LogP contribution >= 0.6 is 23.2 Å². The molecule has 1 aliphatic carbocycles. The summed E-state index contributed by atoms with van der Waals surface area (Å²) in [4.78, 5) is 13.1. The first kappa shape index (κ1) is 20.8. The van der Waals surface area contributed by atoms with Crippen molar-refractivity contribution in [3.63, 3.8) is 0 Å². The normalized spacial score (nSPS) is 19.2. The third kappa shape index (κ3) is 3.92. The number of hydrogen-bond acceptors (Lipinski definition) is 3. The van der Waals surface area contributed by atoms with E-state index < -0.39 is 15.7 Å². The third-order valence-electron chi connectivity index (χ3n) is 5.40. The maximum atomic E-state index is 13.1. The fourth-order valence-corrected chi connectivity index (χ4v) is 4.46. The Morgan fingerprint density at radius 1 is 0.933 bits per heavy atom. The minimum Gasteiger partial charge on any atom is -0.494 e. The van der Waals surface area contributed by atoms with Crippen molar-refractivity contribution in [3.05, 3.63) is 90.0 Å². The number of benzene rings is 3. The summed E-state index contributed by atoms with van der Waals surface area (Å²) in [6.45, 7) is 2.65. The lowest BCUT2D eigenvalue weighted by molar-refractivity contribution is -0.148. The van der Waals surface area contributed by atoms with Gasteiger partial charge in [-0.15, -0.1) is 0 Å². The van der Waals surface area contributed by atoms with Crippen LogP contribution in [0.4, 0.5) is 0 Å². The van der Waals surface area contributed by atoms with Gasteiger partial charge in [0.1, 0.15) is 22.1 Å². The number of halogens is 2. The molecule has 154 valence electrons. The first-order valence-electron chi connectivity index (χ1n) is 9.89. The Morgan fingerprint density at radius 2 is 1.60 bits per heavy atom. The van der Waals surface area contributed by atoms with Crippen LogP contribution in [-0.4, -0.2) is 16.9 Å². The highest BCUT2D eigenvalue weighted by atomic mass is 35.5. The highest BCUT2D eigenvalue weighted by Crippen LogP contribution is 2.65. The van der Waals surface area contributed by atoms with Gasteiger partial charge in [-0.3, -0.25) is 4.79 Å². The molecule has 1 fully saturated rings. The highest BCUT2D eigenvalue weighted by molar-refractivity contribution is 6.54. The number of alkyl halides is 2. The molecule has 3 aromatic rings.